The van der Waals surface area contributed by atoms with Crippen molar-refractivity contribution in [1.29, 1.82) is 0 Å². The van der Waals surface area contributed by atoms with Crippen LogP contribution in [-0.2, 0) is 0 Å². The van der Waals surface area contributed by atoms with Gasteiger partial charge in [-0.05, 0) is 32.1 Å². The Balaban J connectivity index is 2.35. The Morgan fingerprint density at radius 2 is 2.00 bits per heavy atom. The third kappa shape index (κ3) is 6.03. The Morgan fingerprint density at radius 3 is 2.68 bits per heavy atom. The Kier molecular flexibility index (Phi) is 7.45. The summed E-state index contributed by atoms with van der Waals surface area (Å²) in [6.07, 6.45) is 3.79. The lowest BCUT2D eigenvalue weighted by atomic mass is 10.2. The third-order valence-corrected chi connectivity index (χ3v) is 3.25. The zero-order valence-electron chi connectivity index (χ0n) is 11.9. The maximum absolute atomic E-state index is 5.77. The molecular weight excluding hydrogens is 256 g/mol. The number of rotatable bonds is 9. The van der Waals surface area contributed by atoms with Gasteiger partial charge >= 0.3 is 0 Å². The van der Waals surface area contributed by atoms with Crippen molar-refractivity contribution < 1.29 is 4.74 Å². The molecule has 0 amide bonds. The highest BCUT2D eigenvalue weighted by molar-refractivity contribution is 7.80. The molecule has 0 aromatic heterocycles. The third-order valence-electron chi connectivity index (χ3n) is 3.03. The summed E-state index contributed by atoms with van der Waals surface area (Å²) in [7, 11) is 2.12. The number of nitrogens with zero attached hydrogens (tertiary/aromatic N) is 1. The summed E-state index contributed by atoms with van der Waals surface area (Å²) in [6, 6.07) is 7.65. The van der Waals surface area contributed by atoms with Crippen LogP contribution >= 0.6 is 12.2 Å². The molecule has 0 saturated heterocycles. The molecule has 4 heteroatoms. The number of ether oxygens (including phenoxy) is 1. The Hall–Kier alpha value is -1.13. The fraction of sp³-hybridized carbons (Fsp3) is 0.533. The van der Waals surface area contributed by atoms with Gasteiger partial charge in [-0.25, -0.2) is 0 Å². The second-order valence-corrected chi connectivity index (χ2v) is 5.16. The molecule has 0 aliphatic rings. The van der Waals surface area contributed by atoms with Crippen molar-refractivity contribution in [2.24, 2.45) is 5.73 Å². The van der Waals surface area contributed by atoms with Gasteiger partial charge in [0, 0.05) is 6.54 Å². The number of para-hydroxylation sites is 1. The van der Waals surface area contributed by atoms with E-state index in [0.29, 0.717) is 11.6 Å². The fourth-order valence-corrected chi connectivity index (χ4v) is 2.02. The lowest BCUT2D eigenvalue weighted by molar-refractivity contribution is 0.234. The quantitative estimate of drug-likeness (QED) is 0.557. The molecule has 0 bridgehead atoms. The fourth-order valence-electron chi connectivity index (χ4n) is 1.85. The first-order chi connectivity index (χ1) is 9.15. The molecule has 1 aromatic carbocycles. The number of benzene rings is 1. The summed E-state index contributed by atoms with van der Waals surface area (Å²) < 4.78 is 5.77. The van der Waals surface area contributed by atoms with Gasteiger partial charge in [0.25, 0.3) is 0 Å². The van der Waals surface area contributed by atoms with E-state index in [0.717, 1.165) is 24.4 Å². The predicted octanol–water partition coefficient (Wildman–Crippen LogP) is 2.82. The summed E-state index contributed by atoms with van der Waals surface area (Å²) in [5.41, 5.74) is 6.48. The van der Waals surface area contributed by atoms with E-state index in [1.165, 1.54) is 19.3 Å². The normalized spacial score (nSPS) is 10.7. The van der Waals surface area contributed by atoms with Crippen molar-refractivity contribution in [1.82, 2.24) is 4.90 Å². The number of likely N-dealkylation sites (N-methyl/N-ethyl adjacent to an activating group) is 1. The molecule has 19 heavy (non-hydrogen) atoms. The van der Waals surface area contributed by atoms with Crippen molar-refractivity contribution in [3.05, 3.63) is 29.8 Å². The monoisotopic (exact) mass is 280 g/mol. The van der Waals surface area contributed by atoms with E-state index in [2.05, 4.69) is 18.9 Å². The molecule has 0 saturated carbocycles. The van der Waals surface area contributed by atoms with E-state index < -0.39 is 0 Å². The molecule has 0 fully saturated rings. The minimum absolute atomic E-state index is 0.381. The molecule has 0 radical (unpaired) electrons. The molecule has 0 atom stereocenters. The van der Waals surface area contributed by atoms with Crippen LogP contribution in [0.1, 0.15) is 31.7 Å². The van der Waals surface area contributed by atoms with Crippen LogP contribution in [0.5, 0.6) is 5.75 Å². The first-order valence-electron chi connectivity index (χ1n) is 6.85. The van der Waals surface area contributed by atoms with Gasteiger partial charge in [0.05, 0.1) is 5.56 Å². The second kappa shape index (κ2) is 8.88. The van der Waals surface area contributed by atoms with E-state index in [1.807, 2.05) is 24.3 Å². The van der Waals surface area contributed by atoms with E-state index in [4.69, 9.17) is 22.7 Å². The van der Waals surface area contributed by atoms with Gasteiger partial charge in [-0.3, -0.25) is 0 Å². The Labute approximate surface area is 121 Å². The Bertz CT molecular complexity index is 395. The summed E-state index contributed by atoms with van der Waals surface area (Å²) in [5, 5.41) is 0. The number of unbranched alkanes of at least 4 members (excludes halogenated alkanes) is 2. The smallest absolute Gasteiger partial charge is 0.129 e. The van der Waals surface area contributed by atoms with E-state index in [-0.39, 0.29) is 0 Å². The van der Waals surface area contributed by atoms with Gasteiger partial charge in [-0.2, -0.15) is 0 Å². The number of thiocarbonyl (C=S) groups is 1. The highest BCUT2D eigenvalue weighted by Gasteiger charge is 2.05. The summed E-state index contributed by atoms with van der Waals surface area (Å²) in [6.45, 7) is 4.90. The summed E-state index contributed by atoms with van der Waals surface area (Å²) in [4.78, 5) is 2.67. The van der Waals surface area contributed by atoms with Gasteiger partial charge in [0.15, 0.2) is 0 Å². The number of nitrogens with two attached hydrogens (primary N) is 1. The highest BCUT2D eigenvalue weighted by Crippen LogP contribution is 2.17. The van der Waals surface area contributed by atoms with Gasteiger partial charge in [0.1, 0.15) is 17.3 Å². The molecule has 3 nitrogen and oxygen atoms in total. The first kappa shape index (κ1) is 15.9. The van der Waals surface area contributed by atoms with Crippen molar-refractivity contribution in [3.63, 3.8) is 0 Å². The zero-order chi connectivity index (χ0) is 14.1. The Morgan fingerprint density at radius 1 is 1.26 bits per heavy atom. The molecule has 2 N–H and O–H groups in total. The largest absolute Gasteiger partial charge is 0.492 e. The molecule has 0 aliphatic heterocycles. The summed E-state index contributed by atoms with van der Waals surface area (Å²) >= 11 is 5.01. The predicted molar refractivity (Wildman–Crippen MR) is 84.8 cm³/mol. The van der Waals surface area contributed by atoms with Crippen molar-refractivity contribution in [3.8, 4) is 5.75 Å². The molecule has 1 aromatic rings. The zero-order valence-corrected chi connectivity index (χ0v) is 12.7. The van der Waals surface area contributed by atoms with Gasteiger partial charge < -0.3 is 15.4 Å². The minimum Gasteiger partial charge on any atom is -0.492 e. The van der Waals surface area contributed by atoms with Crippen LogP contribution in [-0.4, -0.2) is 36.6 Å². The van der Waals surface area contributed by atoms with Crippen molar-refractivity contribution in [2.45, 2.75) is 26.2 Å². The molecule has 0 unspecified atom stereocenters. The average molecular weight is 280 g/mol. The van der Waals surface area contributed by atoms with Gasteiger partial charge in [0.2, 0.25) is 0 Å². The number of hydrogen-bond donors (Lipinski definition) is 1. The van der Waals surface area contributed by atoms with Crippen LogP contribution in [0.25, 0.3) is 0 Å². The SMILES string of the molecule is CCCCCN(C)CCOc1ccccc1C(N)=S. The average Bonchev–Trinajstić information content (AvgIpc) is 2.39. The van der Waals surface area contributed by atoms with Gasteiger partial charge in [-0.1, -0.05) is 44.1 Å². The highest BCUT2D eigenvalue weighted by atomic mass is 32.1. The topological polar surface area (TPSA) is 38.5 Å². The summed E-state index contributed by atoms with van der Waals surface area (Å²) in [5.74, 6) is 0.775. The lowest BCUT2D eigenvalue weighted by Gasteiger charge is -2.17. The van der Waals surface area contributed by atoms with Crippen LogP contribution in [0.2, 0.25) is 0 Å². The van der Waals surface area contributed by atoms with Gasteiger partial charge in [-0.15, -0.1) is 0 Å². The van der Waals surface area contributed by atoms with Crippen LogP contribution in [0, 0.1) is 0 Å². The van der Waals surface area contributed by atoms with Crippen molar-refractivity contribution in [2.75, 3.05) is 26.7 Å². The maximum atomic E-state index is 5.77. The van der Waals surface area contributed by atoms with Crippen LogP contribution < -0.4 is 10.5 Å². The van der Waals surface area contributed by atoms with Crippen LogP contribution in [0.15, 0.2) is 24.3 Å². The molecule has 106 valence electrons. The van der Waals surface area contributed by atoms with E-state index >= 15 is 0 Å². The standard InChI is InChI=1S/C15H24N2OS/c1-3-4-7-10-17(2)11-12-18-14-9-6-5-8-13(14)15(16)19/h5-6,8-9H,3-4,7,10-12H2,1-2H3,(H2,16,19). The molecule has 0 aliphatic carbocycles. The maximum Gasteiger partial charge on any atom is 0.129 e. The second-order valence-electron chi connectivity index (χ2n) is 4.72. The van der Waals surface area contributed by atoms with Crippen molar-refractivity contribution >= 4 is 17.2 Å². The molecule has 1 rings (SSSR count). The van der Waals surface area contributed by atoms with E-state index in [1.54, 1.807) is 0 Å². The molecular formula is C15H24N2OS. The van der Waals surface area contributed by atoms with E-state index in [9.17, 15) is 0 Å². The van der Waals surface area contributed by atoms with Crippen LogP contribution in [0.4, 0.5) is 0 Å². The van der Waals surface area contributed by atoms with Crippen LogP contribution in [0.3, 0.4) is 0 Å². The number of hydrogen-bond acceptors (Lipinski definition) is 3. The minimum atomic E-state index is 0.381. The molecule has 0 spiro atoms. The lowest BCUT2D eigenvalue weighted by Crippen LogP contribution is -2.25. The first-order valence-corrected chi connectivity index (χ1v) is 7.26. The molecule has 0 heterocycles.